The smallest absolute Gasteiger partial charge is 0.251 e. The van der Waals surface area contributed by atoms with E-state index in [1.165, 1.54) is 0 Å². The molecule has 6 nitrogen and oxygen atoms in total. The van der Waals surface area contributed by atoms with Gasteiger partial charge in [-0.15, -0.1) is 0 Å². The molecule has 0 spiro atoms. The summed E-state index contributed by atoms with van der Waals surface area (Å²) in [6.07, 6.45) is 3.32. The van der Waals surface area contributed by atoms with Gasteiger partial charge in [0.05, 0.1) is 11.6 Å². The molecule has 0 bridgehead atoms. The van der Waals surface area contributed by atoms with E-state index >= 15 is 0 Å². The lowest BCUT2D eigenvalue weighted by atomic mass is 10.2. The SMILES string of the molecule is O=C(NCc1ncc[nH]1)c1cc(Cl)c2c(c1)OCO2. The molecule has 2 heterocycles. The van der Waals surface area contributed by atoms with Gasteiger partial charge in [-0.05, 0) is 12.1 Å². The standard InChI is InChI=1S/C12H10ClN3O3/c13-8-3-7(4-9-11(8)19-6-18-9)12(17)16-5-10-14-1-2-15-10/h1-4H,5-6H2,(H,14,15)(H,16,17). The normalized spacial score (nSPS) is 12.5. The van der Waals surface area contributed by atoms with E-state index in [1.54, 1.807) is 24.5 Å². The zero-order valence-electron chi connectivity index (χ0n) is 9.77. The molecule has 1 amide bonds. The van der Waals surface area contributed by atoms with Crippen molar-refractivity contribution in [3.05, 3.63) is 40.9 Å². The summed E-state index contributed by atoms with van der Waals surface area (Å²) < 4.78 is 10.4. The van der Waals surface area contributed by atoms with Crippen LogP contribution >= 0.6 is 11.6 Å². The van der Waals surface area contributed by atoms with E-state index in [0.29, 0.717) is 34.5 Å². The van der Waals surface area contributed by atoms with Gasteiger partial charge in [-0.1, -0.05) is 11.6 Å². The molecule has 0 aliphatic carbocycles. The molecule has 0 atom stereocenters. The van der Waals surface area contributed by atoms with Crippen LogP contribution in [0.2, 0.25) is 5.02 Å². The molecule has 1 aliphatic rings. The second kappa shape index (κ2) is 4.81. The highest BCUT2D eigenvalue weighted by Gasteiger charge is 2.20. The van der Waals surface area contributed by atoms with Crippen LogP contribution in [-0.2, 0) is 6.54 Å². The Balaban J connectivity index is 1.75. The fourth-order valence-electron chi connectivity index (χ4n) is 1.76. The molecule has 2 N–H and O–H groups in total. The average molecular weight is 280 g/mol. The fourth-order valence-corrected chi connectivity index (χ4v) is 2.02. The van der Waals surface area contributed by atoms with Crippen LogP contribution in [0.5, 0.6) is 11.5 Å². The Kier molecular flexibility index (Phi) is 3.00. The maximum atomic E-state index is 12.0. The van der Waals surface area contributed by atoms with E-state index in [4.69, 9.17) is 21.1 Å². The molecule has 1 aromatic heterocycles. The van der Waals surface area contributed by atoms with E-state index < -0.39 is 0 Å². The minimum absolute atomic E-state index is 0.118. The molecular formula is C12H10ClN3O3. The lowest BCUT2D eigenvalue weighted by Gasteiger charge is -2.05. The molecule has 0 unspecified atom stereocenters. The molecule has 0 saturated heterocycles. The Hall–Kier alpha value is -2.21. The quantitative estimate of drug-likeness (QED) is 0.897. The van der Waals surface area contributed by atoms with E-state index in [-0.39, 0.29) is 12.7 Å². The first-order valence-corrected chi connectivity index (χ1v) is 5.97. The van der Waals surface area contributed by atoms with Gasteiger partial charge in [-0.2, -0.15) is 0 Å². The summed E-state index contributed by atoms with van der Waals surface area (Å²) in [6.45, 7) is 0.435. The summed E-state index contributed by atoms with van der Waals surface area (Å²) in [6, 6.07) is 3.15. The number of nitrogens with one attached hydrogen (secondary N) is 2. The number of ether oxygens (including phenoxy) is 2. The van der Waals surface area contributed by atoms with Gasteiger partial charge in [0.15, 0.2) is 11.5 Å². The molecule has 98 valence electrons. The summed E-state index contributed by atoms with van der Waals surface area (Å²) in [5.74, 6) is 1.39. The summed E-state index contributed by atoms with van der Waals surface area (Å²) in [5, 5.41) is 3.09. The molecule has 0 saturated carbocycles. The van der Waals surface area contributed by atoms with E-state index in [9.17, 15) is 4.79 Å². The number of fused-ring (bicyclic) bond motifs is 1. The second-order valence-corrected chi connectivity index (χ2v) is 4.32. The lowest BCUT2D eigenvalue weighted by molar-refractivity contribution is 0.0949. The third-order valence-corrected chi connectivity index (χ3v) is 2.94. The minimum atomic E-state index is -0.253. The first-order chi connectivity index (χ1) is 9.24. The van der Waals surface area contributed by atoms with Crippen LogP contribution in [0.4, 0.5) is 0 Å². The third-order valence-electron chi connectivity index (χ3n) is 2.66. The molecule has 1 aliphatic heterocycles. The van der Waals surface area contributed by atoms with Gasteiger partial charge >= 0.3 is 0 Å². The molecule has 2 aromatic rings. The highest BCUT2D eigenvalue weighted by Crippen LogP contribution is 2.39. The van der Waals surface area contributed by atoms with Crippen LogP contribution in [-0.4, -0.2) is 22.7 Å². The maximum absolute atomic E-state index is 12.0. The number of carbonyl (C=O) groups excluding carboxylic acids is 1. The summed E-state index contributed by atoms with van der Waals surface area (Å²) in [7, 11) is 0. The number of amides is 1. The number of aromatic amines is 1. The summed E-state index contributed by atoms with van der Waals surface area (Å²) >= 11 is 6.02. The Labute approximate surface area is 113 Å². The van der Waals surface area contributed by atoms with Gasteiger partial charge in [0.25, 0.3) is 5.91 Å². The van der Waals surface area contributed by atoms with Crippen molar-refractivity contribution in [1.82, 2.24) is 15.3 Å². The first kappa shape index (κ1) is 11.9. The molecule has 3 rings (SSSR count). The lowest BCUT2D eigenvalue weighted by Crippen LogP contribution is -2.23. The number of H-pyrrole nitrogens is 1. The number of rotatable bonds is 3. The van der Waals surface area contributed by atoms with Crippen LogP contribution in [0.15, 0.2) is 24.5 Å². The number of nitrogens with zero attached hydrogens (tertiary/aromatic N) is 1. The van der Waals surface area contributed by atoms with Crippen molar-refractivity contribution < 1.29 is 14.3 Å². The highest BCUT2D eigenvalue weighted by molar-refractivity contribution is 6.32. The number of halogens is 1. The predicted molar refractivity (Wildman–Crippen MR) is 67.3 cm³/mol. The Morgan fingerprint density at radius 3 is 3.16 bits per heavy atom. The van der Waals surface area contributed by atoms with E-state index in [2.05, 4.69) is 15.3 Å². The number of imidazole rings is 1. The Morgan fingerprint density at radius 2 is 2.37 bits per heavy atom. The number of benzene rings is 1. The minimum Gasteiger partial charge on any atom is -0.454 e. The molecule has 7 heteroatoms. The van der Waals surface area contributed by atoms with Crippen molar-refractivity contribution in [2.75, 3.05) is 6.79 Å². The van der Waals surface area contributed by atoms with Crippen molar-refractivity contribution in [2.24, 2.45) is 0 Å². The number of hydrogen-bond donors (Lipinski definition) is 2. The summed E-state index contributed by atoms with van der Waals surface area (Å²) in [4.78, 5) is 18.9. The molecule has 0 radical (unpaired) electrons. The number of carbonyl (C=O) groups is 1. The Morgan fingerprint density at radius 1 is 1.47 bits per heavy atom. The van der Waals surface area contributed by atoms with Crippen LogP contribution in [0, 0.1) is 0 Å². The van der Waals surface area contributed by atoms with E-state index in [1.807, 2.05) is 0 Å². The first-order valence-electron chi connectivity index (χ1n) is 5.59. The van der Waals surface area contributed by atoms with Crippen molar-refractivity contribution in [1.29, 1.82) is 0 Å². The van der Waals surface area contributed by atoms with Crippen molar-refractivity contribution in [3.8, 4) is 11.5 Å². The van der Waals surface area contributed by atoms with Gasteiger partial charge in [-0.3, -0.25) is 4.79 Å². The van der Waals surface area contributed by atoms with Gasteiger partial charge in [0.1, 0.15) is 5.82 Å². The van der Waals surface area contributed by atoms with Crippen molar-refractivity contribution in [3.63, 3.8) is 0 Å². The zero-order chi connectivity index (χ0) is 13.2. The van der Waals surface area contributed by atoms with Crippen molar-refractivity contribution >= 4 is 17.5 Å². The van der Waals surface area contributed by atoms with Crippen molar-refractivity contribution in [2.45, 2.75) is 6.54 Å². The van der Waals surface area contributed by atoms with Crippen LogP contribution in [0.1, 0.15) is 16.2 Å². The monoisotopic (exact) mass is 279 g/mol. The average Bonchev–Trinajstić information content (AvgIpc) is 3.06. The van der Waals surface area contributed by atoms with Gasteiger partial charge in [0, 0.05) is 18.0 Å². The fraction of sp³-hybridized carbons (Fsp3) is 0.167. The highest BCUT2D eigenvalue weighted by atomic mass is 35.5. The predicted octanol–water partition coefficient (Wildman–Crippen LogP) is 1.72. The second-order valence-electron chi connectivity index (χ2n) is 3.91. The molecule has 1 aromatic carbocycles. The number of aromatic nitrogens is 2. The third kappa shape index (κ3) is 2.34. The van der Waals surface area contributed by atoms with Crippen LogP contribution < -0.4 is 14.8 Å². The van der Waals surface area contributed by atoms with Crippen LogP contribution in [0.3, 0.4) is 0 Å². The van der Waals surface area contributed by atoms with Gasteiger partial charge in [-0.25, -0.2) is 4.98 Å². The molecular weight excluding hydrogens is 270 g/mol. The number of hydrogen-bond acceptors (Lipinski definition) is 4. The van der Waals surface area contributed by atoms with E-state index in [0.717, 1.165) is 0 Å². The maximum Gasteiger partial charge on any atom is 0.251 e. The van der Waals surface area contributed by atoms with Gasteiger partial charge < -0.3 is 19.8 Å². The van der Waals surface area contributed by atoms with Crippen LogP contribution in [0.25, 0.3) is 0 Å². The molecule has 0 fully saturated rings. The van der Waals surface area contributed by atoms with Gasteiger partial charge in [0.2, 0.25) is 6.79 Å². The topological polar surface area (TPSA) is 76.2 Å². The molecule has 19 heavy (non-hydrogen) atoms. The largest absolute Gasteiger partial charge is 0.454 e. The zero-order valence-corrected chi connectivity index (χ0v) is 10.5. The Bertz CT molecular complexity index is 613. The summed E-state index contributed by atoms with van der Waals surface area (Å²) in [5.41, 5.74) is 0.417.